The second kappa shape index (κ2) is 7.88. The maximum Gasteiger partial charge on any atom is 0.129 e. The maximum atomic E-state index is 5.62. The summed E-state index contributed by atoms with van der Waals surface area (Å²) in [6.07, 6.45) is 1.67. The van der Waals surface area contributed by atoms with Gasteiger partial charge < -0.3 is 14.5 Å². The van der Waals surface area contributed by atoms with Crippen LogP contribution in [0.2, 0.25) is 0 Å². The van der Waals surface area contributed by atoms with E-state index in [1.807, 2.05) is 12.1 Å². The van der Waals surface area contributed by atoms with Gasteiger partial charge in [0, 0.05) is 6.54 Å². The summed E-state index contributed by atoms with van der Waals surface area (Å²) in [6, 6.07) is 12.5. The van der Waals surface area contributed by atoms with E-state index >= 15 is 0 Å². The fourth-order valence-corrected chi connectivity index (χ4v) is 2.09. The van der Waals surface area contributed by atoms with Crippen molar-refractivity contribution in [2.75, 3.05) is 13.1 Å². The highest BCUT2D eigenvalue weighted by molar-refractivity contribution is 5.24. The van der Waals surface area contributed by atoms with Crippen LogP contribution < -0.4 is 5.32 Å². The van der Waals surface area contributed by atoms with Gasteiger partial charge in [0.05, 0.1) is 12.9 Å². The zero-order chi connectivity index (χ0) is 14.2. The summed E-state index contributed by atoms with van der Waals surface area (Å²) in [6.45, 7) is 7.54. The van der Waals surface area contributed by atoms with Gasteiger partial charge >= 0.3 is 0 Å². The van der Waals surface area contributed by atoms with Crippen LogP contribution >= 0.6 is 0 Å². The number of furan rings is 1. The van der Waals surface area contributed by atoms with Crippen molar-refractivity contribution < 1.29 is 9.15 Å². The molecule has 1 heterocycles. The minimum absolute atomic E-state index is 0.519. The van der Waals surface area contributed by atoms with Gasteiger partial charge in [-0.05, 0) is 35.7 Å². The molecular weight excluding hydrogens is 250 g/mol. The number of benzene rings is 1. The largest absolute Gasteiger partial charge is 0.467 e. The van der Waals surface area contributed by atoms with Crippen molar-refractivity contribution in [1.82, 2.24) is 5.32 Å². The molecule has 0 saturated carbocycles. The Kier molecular flexibility index (Phi) is 5.84. The highest BCUT2D eigenvalue weighted by atomic mass is 16.5. The molecule has 0 aliphatic carbocycles. The Morgan fingerprint density at radius 3 is 2.60 bits per heavy atom. The molecule has 2 rings (SSSR count). The van der Waals surface area contributed by atoms with Crippen molar-refractivity contribution in [1.29, 1.82) is 0 Å². The summed E-state index contributed by atoms with van der Waals surface area (Å²) in [4.78, 5) is 0. The zero-order valence-corrected chi connectivity index (χ0v) is 12.3. The fraction of sp³-hybridized carbons (Fsp3) is 0.412. The first-order chi connectivity index (χ1) is 9.79. The molecule has 0 fully saturated rings. The number of hydrogen-bond acceptors (Lipinski definition) is 3. The molecule has 1 unspecified atom stereocenters. The predicted octanol–water partition coefficient (Wildman–Crippen LogP) is 3.71. The van der Waals surface area contributed by atoms with Crippen LogP contribution in [0.15, 0.2) is 47.1 Å². The molecule has 0 bridgehead atoms. The number of ether oxygens (including phenoxy) is 1. The van der Waals surface area contributed by atoms with Gasteiger partial charge in [0.2, 0.25) is 0 Å². The average Bonchev–Trinajstić information content (AvgIpc) is 2.99. The molecule has 0 aliphatic heterocycles. The van der Waals surface area contributed by atoms with E-state index in [0.29, 0.717) is 19.1 Å². The Balaban J connectivity index is 1.79. The van der Waals surface area contributed by atoms with Gasteiger partial charge in [-0.2, -0.15) is 0 Å². The quantitative estimate of drug-likeness (QED) is 0.796. The molecule has 0 saturated heterocycles. The lowest BCUT2D eigenvalue weighted by molar-refractivity contribution is 0.0929. The average molecular weight is 273 g/mol. The molecule has 108 valence electrons. The first kappa shape index (κ1) is 14.8. The van der Waals surface area contributed by atoms with Gasteiger partial charge in [-0.15, -0.1) is 0 Å². The van der Waals surface area contributed by atoms with Gasteiger partial charge in [-0.25, -0.2) is 0 Å². The van der Waals surface area contributed by atoms with Gasteiger partial charge in [-0.3, -0.25) is 0 Å². The Hall–Kier alpha value is -1.58. The third kappa shape index (κ3) is 4.51. The minimum atomic E-state index is 0.519. The molecule has 3 heteroatoms. The highest BCUT2D eigenvalue weighted by Gasteiger charge is 2.04. The van der Waals surface area contributed by atoms with Crippen molar-refractivity contribution >= 4 is 0 Å². The number of rotatable bonds is 8. The van der Waals surface area contributed by atoms with Crippen LogP contribution in [0.3, 0.4) is 0 Å². The lowest BCUT2D eigenvalue weighted by Crippen LogP contribution is -2.19. The molecule has 20 heavy (non-hydrogen) atoms. The van der Waals surface area contributed by atoms with Crippen LogP contribution in [-0.4, -0.2) is 13.1 Å². The van der Waals surface area contributed by atoms with Gasteiger partial charge in [0.1, 0.15) is 12.4 Å². The van der Waals surface area contributed by atoms with E-state index in [4.69, 9.17) is 9.15 Å². The van der Waals surface area contributed by atoms with Crippen molar-refractivity contribution in [3.8, 4) is 0 Å². The third-order valence-corrected chi connectivity index (χ3v) is 3.34. The number of likely N-dealkylation sites (N-methyl/N-ethyl adjacent to an activating group) is 1. The molecular formula is C17H23NO2. The monoisotopic (exact) mass is 273 g/mol. The summed E-state index contributed by atoms with van der Waals surface area (Å²) >= 11 is 0. The second-order valence-electron chi connectivity index (χ2n) is 5.02. The zero-order valence-electron chi connectivity index (χ0n) is 12.3. The van der Waals surface area contributed by atoms with Gasteiger partial charge in [-0.1, -0.05) is 38.1 Å². The van der Waals surface area contributed by atoms with Crippen LogP contribution in [-0.2, 0) is 18.0 Å². The lowest BCUT2D eigenvalue weighted by Gasteiger charge is -2.12. The second-order valence-corrected chi connectivity index (χ2v) is 5.02. The highest BCUT2D eigenvalue weighted by Crippen LogP contribution is 2.16. The van der Waals surface area contributed by atoms with E-state index in [9.17, 15) is 0 Å². The fourth-order valence-electron chi connectivity index (χ4n) is 2.09. The van der Waals surface area contributed by atoms with Gasteiger partial charge in [0.25, 0.3) is 0 Å². The summed E-state index contributed by atoms with van der Waals surface area (Å²) in [5, 5.41) is 3.38. The Morgan fingerprint density at radius 1 is 1.15 bits per heavy atom. The molecule has 2 aromatic rings. The molecule has 1 aromatic carbocycles. The number of nitrogens with one attached hydrogen (secondary N) is 1. The molecule has 1 atom stereocenters. The maximum absolute atomic E-state index is 5.62. The summed E-state index contributed by atoms with van der Waals surface area (Å²) in [5.74, 6) is 1.40. The first-order valence-electron chi connectivity index (χ1n) is 7.19. The van der Waals surface area contributed by atoms with E-state index in [-0.39, 0.29) is 0 Å². The normalized spacial score (nSPS) is 12.5. The summed E-state index contributed by atoms with van der Waals surface area (Å²) in [5.41, 5.74) is 2.55. The minimum Gasteiger partial charge on any atom is -0.467 e. The molecule has 0 amide bonds. The molecule has 1 N–H and O–H groups in total. The standard InChI is InChI=1S/C17H23NO2/c1-3-18-11-14(2)16-8-6-15(7-9-16)12-19-13-17-5-4-10-20-17/h4-10,14,18H,3,11-13H2,1-2H3. The molecule has 1 aromatic heterocycles. The lowest BCUT2D eigenvalue weighted by atomic mass is 10.00. The van der Waals surface area contributed by atoms with Crippen molar-refractivity contribution in [3.05, 3.63) is 59.5 Å². The van der Waals surface area contributed by atoms with Crippen LogP contribution in [0.1, 0.15) is 36.7 Å². The van der Waals surface area contributed by atoms with E-state index in [0.717, 1.165) is 18.8 Å². The van der Waals surface area contributed by atoms with Crippen LogP contribution in [0, 0.1) is 0 Å². The van der Waals surface area contributed by atoms with E-state index in [1.165, 1.54) is 11.1 Å². The van der Waals surface area contributed by atoms with Crippen molar-refractivity contribution in [3.63, 3.8) is 0 Å². The smallest absolute Gasteiger partial charge is 0.129 e. The predicted molar refractivity (Wildman–Crippen MR) is 80.6 cm³/mol. The number of hydrogen-bond donors (Lipinski definition) is 1. The van der Waals surface area contributed by atoms with E-state index < -0.39 is 0 Å². The van der Waals surface area contributed by atoms with Gasteiger partial charge in [0.15, 0.2) is 0 Å². The summed E-state index contributed by atoms with van der Waals surface area (Å²) < 4.78 is 10.9. The van der Waals surface area contributed by atoms with E-state index in [2.05, 4.69) is 43.4 Å². The Labute approximate surface area is 121 Å². The SMILES string of the molecule is CCNCC(C)c1ccc(COCc2ccco2)cc1. The van der Waals surface area contributed by atoms with Crippen LogP contribution in [0.25, 0.3) is 0 Å². The van der Waals surface area contributed by atoms with Crippen LogP contribution in [0.5, 0.6) is 0 Å². The summed E-state index contributed by atoms with van der Waals surface area (Å²) in [7, 11) is 0. The topological polar surface area (TPSA) is 34.4 Å². The molecule has 0 aliphatic rings. The first-order valence-corrected chi connectivity index (χ1v) is 7.19. The van der Waals surface area contributed by atoms with Crippen molar-refractivity contribution in [2.24, 2.45) is 0 Å². The molecule has 3 nitrogen and oxygen atoms in total. The third-order valence-electron chi connectivity index (χ3n) is 3.34. The van der Waals surface area contributed by atoms with Crippen molar-refractivity contribution in [2.45, 2.75) is 33.0 Å². The van der Waals surface area contributed by atoms with Crippen LogP contribution in [0.4, 0.5) is 0 Å². The molecule has 0 spiro atoms. The van der Waals surface area contributed by atoms with E-state index in [1.54, 1.807) is 6.26 Å². The Bertz CT molecular complexity index is 476. The Morgan fingerprint density at radius 2 is 1.95 bits per heavy atom. The molecule has 0 radical (unpaired) electrons.